The Balaban J connectivity index is 1.47. The number of imidazole rings is 1. The number of methoxy groups -OCH3 is 1. The molecule has 1 aliphatic heterocycles. The summed E-state index contributed by atoms with van der Waals surface area (Å²) in [5, 5.41) is 11.0. The number of nitrogens with two attached hydrogens (primary N) is 1. The van der Waals surface area contributed by atoms with Gasteiger partial charge in [-0.3, -0.25) is 9.09 Å². The molecule has 1 aromatic carbocycles. The van der Waals surface area contributed by atoms with E-state index < -0.39 is 25.1 Å². The number of fused-ring (bicyclic) bond motifs is 1. The van der Waals surface area contributed by atoms with Gasteiger partial charge in [-0.15, -0.1) is 4.52 Å². The number of hydrogen-bond acceptors (Lipinski definition) is 10. The normalized spacial score (nSPS) is 24.2. The van der Waals surface area contributed by atoms with E-state index in [4.69, 9.17) is 36.1 Å². The van der Waals surface area contributed by atoms with E-state index in [0.29, 0.717) is 23.3 Å². The van der Waals surface area contributed by atoms with E-state index in [1.807, 2.05) is 30.3 Å². The lowest BCUT2D eigenvalue weighted by Gasteiger charge is -2.24. The number of aromatic nitrogens is 4. The SMILES string of the molecule is COc1nc(N)nc2c1ncn2C1OC(CO[P+](=S)Oc2ccccc2)CC1(C)O. The van der Waals surface area contributed by atoms with Crippen LogP contribution < -0.4 is 15.0 Å². The second-order valence-corrected chi connectivity index (χ2v) is 8.79. The number of nitrogens with zero attached hydrogens (tertiary/aromatic N) is 4. The summed E-state index contributed by atoms with van der Waals surface area (Å²) >= 11 is 5.27. The minimum atomic E-state index is -1.55. The molecule has 0 aliphatic carbocycles. The largest absolute Gasteiger partial charge is 0.573 e. The second kappa shape index (κ2) is 8.37. The molecule has 1 fully saturated rings. The number of nitrogen functional groups attached to an aromatic ring is 1. The van der Waals surface area contributed by atoms with Crippen LogP contribution in [0.25, 0.3) is 11.2 Å². The molecule has 0 spiro atoms. The summed E-state index contributed by atoms with van der Waals surface area (Å²) in [6.07, 6.45) is 0.707. The highest BCUT2D eigenvalue weighted by Crippen LogP contribution is 2.41. The van der Waals surface area contributed by atoms with E-state index >= 15 is 0 Å². The van der Waals surface area contributed by atoms with Gasteiger partial charge in [-0.1, -0.05) is 18.2 Å². The van der Waals surface area contributed by atoms with Crippen molar-refractivity contribution < 1.29 is 23.6 Å². The van der Waals surface area contributed by atoms with Crippen LogP contribution in [0.2, 0.25) is 0 Å². The molecule has 1 saturated heterocycles. The van der Waals surface area contributed by atoms with E-state index in [1.165, 1.54) is 13.4 Å². The Morgan fingerprint density at radius 3 is 2.87 bits per heavy atom. The molecule has 0 bridgehead atoms. The predicted molar refractivity (Wildman–Crippen MR) is 113 cm³/mol. The van der Waals surface area contributed by atoms with Gasteiger partial charge < -0.3 is 20.3 Å². The van der Waals surface area contributed by atoms with Gasteiger partial charge >= 0.3 is 7.15 Å². The minimum Gasteiger partial charge on any atom is -0.479 e. The van der Waals surface area contributed by atoms with Crippen LogP contribution >= 0.6 is 7.15 Å². The van der Waals surface area contributed by atoms with Crippen LogP contribution in [0.4, 0.5) is 5.95 Å². The number of benzene rings is 1. The maximum atomic E-state index is 11.0. The van der Waals surface area contributed by atoms with Crippen molar-refractivity contribution in [1.29, 1.82) is 0 Å². The van der Waals surface area contributed by atoms with Gasteiger partial charge in [0.05, 0.1) is 19.5 Å². The van der Waals surface area contributed by atoms with E-state index in [9.17, 15) is 5.11 Å². The van der Waals surface area contributed by atoms with Crippen LogP contribution in [0.5, 0.6) is 11.6 Å². The maximum absolute atomic E-state index is 11.0. The minimum absolute atomic E-state index is 0.0356. The molecule has 0 saturated carbocycles. The fraction of sp³-hybridized carbons (Fsp3) is 0.389. The fourth-order valence-electron chi connectivity index (χ4n) is 3.36. The quantitative estimate of drug-likeness (QED) is 0.518. The smallest absolute Gasteiger partial charge is 0.479 e. The number of anilines is 1. The van der Waals surface area contributed by atoms with Crippen LogP contribution in [0.1, 0.15) is 19.6 Å². The monoisotopic (exact) mass is 450 g/mol. The lowest BCUT2D eigenvalue weighted by Crippen LogP contribution is -2.31. The average molecular weight is 450 g/mol. The Kier molecular flexibility index (Phi) is 5.81. The van der Waals surface area contributed by atoms with Crippen molar-refractivity contribution in [3.8, 4) is 11.6 Å². The summed E-state index contributed by atoms with van der Waals surface area (Å²) in [5.41, 5.74) is 5.41. The van der Waals surface area contributed by atoms with Crippen LogP contribution in [0.3, 0.4) is 0 Å². The highest BCUT2D eigenvalue weighted by molar-refractivity contribution is 8.00. The summed E-state index contributed by atoms with van der Waals surface area (Å²) in [5.74, 6) is 0.934. The molecule has 4 atom stereocenters. The molecule has 10 nitrogen and oxygen atoms in total. The molecule has 3 N–H and O–H groups in total. The first kappa shape index (κ1) is 20.8. The van der Waals surface area contributed by atoms with Crippen molar-refractivity contribution in [2.75, 3.05) is 19.5 Å². The van der Waals surface area contributed by atoms with Gasteiger partial charge in [0.15, 0.2) is 23.1 Å². The first-order valence-corrected chi connectivity index (χ1v) is 11.3. The third-order valence-corrected chi connectivity index (χ3v) is 5.90. The number of aliphatic hydroxyl groups is 1. The van der Waals surface area contributed by atoms with Gasteiger partial charge in [0.2, 0.25) is 23.6 Å². The van der Waals surface area contributed by atoms with Crippen molar-refractivity contribution in [1.82, 2.24) is 19.5 Å². The van der Waals surface area contributed by atoms with Gasteiger partial charge in [-0.25, -0.2) is 4.98 Å². The lowest BCUT2D eigenvalue weighted by atomic mass is 10.0. The molecule has 158 valence electrons. The Morgan fingerprint density at radius 2 is 2.13 bits per heavy atom. The number of ether oxygens (including phenoxy) is 2. The standard InChI is InChI=1S/C18H21N5O5PS/c1-18(24)8-12(9-26-29(30)28-11-6-4-3-5-7-11)27-16(18)23-10-20-13-14(23)21-17(19)22-15(13)25-2/h3-7,10,12,16,24H,8-9H2,1-2H3,(H2,19,21,22)/q+1. The van der Waals surface area contributed by atoms with E-state index in [-0.39, 0.29) is 18.4 Å². The molecule has 12 heteroatoms. The summed E-state index contributed by atoms with van der Waals surface area (Å²) in [6, 6.07) is 9.22. The van der Waals surface area contributed by atoms with Crippen LogP contribution in [-0.2, 0) is 21.1 Å². The summed E-state index contributed by atoms with van der Waals surface area (Å²) in [6.45, 7) is 1.87. The topological polar surface area (TPSA) is 127 Å². The van der Waals surface area contributed by atoms with Gasteiger partial charge in [0, 0.05) is 6.42 Å². The van der Waals surface area contributed by atoms with E-state index in [0.717, 1.165) is 0 Å². The summed E-state index contributed by atoms with van der Waals surface area (Å²) < 4.78 is 24.2. The van der Waals surface area contributed by atoms with Gasteiger partial charge in [-0.2, -0.15) is 9.97 Å². The zero-order valence-corrected chi connectivity index (χ0v) is 18.0. The lowest BCUT2D eigenvalue weighted by molar-refractivity contribution is -0.0838. The zero-order chi connectivity index (χ0) is 21.3. The molecule has 4 unspecified atom stereocenters. The van der Waals surface area contributed by atoms with Crippen LogP contribution in [0, 0.1) is 0 Å². The second-order valence-electron chi connectivity index (χ2n) is 7.01. The van der Waals surface area contributed by atoms with Crippen LogP contribution in [-0.4, -0.2) is 50.0 Å². The van der Waals surface area contributed by atoms with Gasteiger partial charge in [0.1, 0.15) is 12.2 Å². The third kappa shape index (κ3) is 4.21. The highest BCUT2D eigenvalue weighted by Gasteiger charge is 2.46. The zero-order valence-electron chi connectivity index (χ0n) is 16.3. The number of hydrogen-bond donors (Lipinski definition) is 2. The molecule has 0 amide bonds. The molecule has 30 heavy (non-hydrogen) atoms. The molecule has 4 rings (SSSR count). The van der Waals surface area contributed by atoms with Crippen molar-refractivity contribution in [2.45, 2.75) is 31.3 Å². The van der Waals surface area contributed by atoms with Crippen molar-refractivity contribution in [2.24, 2.45) is 0 Å². The summed E-state index contributed by atoms with van der Waals surface area (Å²) in [4.78, 5) is 12.5. The molecule has 0 radical (unpaired) electrons. The first-order valence-electron chi connectivity index (χ1n) is 9.12. The van der Waals surface area contributed by atoms with Gasteiger partial charge in [-0.05, 0) is 19.1 Å². The molecule has 2 aromatic heterocycles. The van der Waals surface area contributed by atoms with Crippen molar-refractivity contribution >= 4 is 36.1 Å². The molecule has 3 aromatic rings. The van der Waals surface area contributed by atoms with Gasteiger partial charge in [0.25, 0.3) is 0 Å². The highest BCUT2D eigenvalue weighted by atomic mass is 32.4. The van der Waals surface area contributed by atoms with Crippen molar-refractivity contribution in [3.05, 3.63) is 36.7 Å². The first-order chi connectivity index (χ1) is 14.4. The Bertz CT molecular complexity index is 1060. The van der Waals surface area contributed by atoms with E-state index in [2.05, 4.69) is 15.0 Å². The molecule has 1 aliphatic rings. The Labute approximate surface area is 178 Å². The molecular formula is C18H21N5O5PS+. The fourth-order valence-corrected chi connectivity index (χ4v) is 4.44. The van der Waals surface area contributed by atoms with Crippen molar-refractivity contribution in [3.63, 3.8) is 0 Å². The number of para-hydroxylation sites is 1. The van der Waals surface area contributed by atoms with E-state index in [1.54, 1.807) is 11.5 Å². The maximum Gasteiger partial charge on any atom is 0.573 e. The van der Waals surface area contributed by atoms with Crippen LogP contribution in [0.15, 0.2) is 36.7 Å². The Hall–Kier alpha value is -2.43. The average Bonchev–Trinajstić information content (AvgIpc) is 3.26. The Morgan fingerprint density at radius 1 is 1.37 bits per heavy atom. The predicted octanol–water partition coefficient (Wildman–Crippen LogP) is 2.33. The number of rotatable bonds is 7. The summed E-state index contributed by atoms with van der Waals surface area (Å²) in [7, 11) is -0.0808. The molecule has 3 heterocycles. The third-order valence-electron chi connectivity index (χ3n) is 4.64. The molecular weight excluding hydrogens is 429 g/mol.